The first-order chi connectivity index (χ1) is 7.97. The quantitative estimate of drug-likeness (QED) is 0.624. The number of halogens is 2. The van der Waals surface area contributed by atoms with Gasteiger partial charge in [-0.2, -0.15) is 0 Å². The van der Waals surface area contributed by atoms with Gasteiger partial charge in [-0.15, -0.1) is 0 Å². The Labute approximate surface area is 99.7 Å². The van der Waals surface area contributed by atoms with Crippen LogP contribution in [0.15, 0.2) is 23.2 Å². The summed E-state index contributed by atoms with van der Waals surface area (Å²) >= 11 is 0. The molecule has 1 rings (SSSR count). The molecule has 0 spiro atoms. The zero-order valence-corrected chi connectivity index (χ0v) is 10.0. The Morgan fingerprint density at radius 2 is 1.88 bits per heavy atom. The van der Waals surface area contributed by atoms with Crippen LogP contribution in [0.25, 0.3) is 0 Å². The van der Waals surface area contributed by atoms with Crippen LogP contribution in [0.1, 0.15) is 19.4 Å². The maximum atomic E-state index is 12.9. The van der Waals surface area contributed by atoms with Gasteiger partial charge in [0, 0.05) is 18.7 Å². The fourth-order valence-electron chi connectivity index (χ4n) is 1.40. The number of rotatable bonds is 4. The molecule has 0 aliphatic heterocycles. The molecule has 0 saturated heterocycles. The molecule has 17 heavy (non-hydrogen) atoms. The first-order valence-electron chi connectivity index (χ1n) is 5.49. The SMILES string of the molecule is CC(C)NC(N)=NCCc1cc(F)cc(F)c1. The summed E-state index contributed by atoms with van der Waals surface area (Å²) in [5.74, 6) is -0.800. The molecule has 0 bridgehead atoms. The van der Waals surface area contributed by atoms with Gasteiger partial charge in [0.05, 0.1) is 0 Å². The van der Waals surface area contributed by atoms with Crippen molar-refractivity contribution in [2.24, 2.45) is 10.7 Å². The van der Waals surface area contributed by atoms with E-state index in [1.807, 2.05) is 13.8 Å². The summed E-state index contributed by atoms with van der Waals surface area (Å²) in [5.41, 5.74) is 6.16. The van der Waals surface area contributed by atoms with Gasteiger partial charge in [-0.05, 0) is 38.0 Å². The van der Waals surface area contributed by atoms with Gasteiger partial charge in [0.25, 0.3) is 0 Å². The van der Waals surface area contributed by atoms with E-state index in [1.165, 1.54) is 12.1 Å². The number of nitrogens with zero attached hydrogens (tertiary/aromatic N) is 1. The summed E-state index contributed by atoms with van der Waals surface area (Å²) in [7, 11) is 0. The van der Waals surface area contributed by atoms with E-state index in [9.17, 15) is 8.78 Å². The molecule has 3 nitrogen and oxygen atoms in total. The van der Waals surface area contributed by atoms with Gasteiger partial charge >= 0.3 is 0 Å². The zero-order valence-electron chi connectivity index (χ0n) is 10.0. The van der Waals surface area contributed by atoms with Crippen molar-refractivity contribution in [2.75, 3.05) is 6.54 Å². The molecule has 0 fully saturated rings. The molecule has 0 aromatic heterocycles. The first-order valence-corrected chi connectivity index (χ1v) is 5.49. The average molecular weight is 241 g/mol. The van der Waals surface area contributed by atoms with Gasteiger partial charge in [-0.25, -0.2) is 8.78 Å². The number of hydrogen-bond acceptors (Lipinski definition) is 1. The Hall–Kier alpha value is -1.65. The van der Waals surface area contributed by atoms with Gasteiger partial charge in [0.1, 0.15) is 11.6 Å². The largest absolute Gasteiger partial charge is 0.370 e. The van der Waals surface area contributed by atoms with E-state index in [4.69, 9.17) is 5.73 Å². The highest BCUT2D eigenvalue weighted by molar-refractivity contribution is 5.78. The van der Waals surface area contributed by atoms with Crippen LogP contribution in [-0.2, 0) is 6.42 Å². The van der Waals surface area contributed by atoms with Crippen molar-refractivity contribution < 1.29 is 8.78 Å². The predicted octanol–water partition coefficient (Wildman–Crippen LogP) is 1.82. The van der Waals surface area contributed by atoms with Crippen LogP contribution in [0.2, 0.25) is 0 Å². The molecule has 0 heterocycles. The maximum Gasteiger partial charge on any atom is 0.188 e. The van der Waals surface area contributed by atoms with E-state index in [0.29, 0.717) is 24.5 Å². The number of guanidine groups is 1. The lowest BCUT2D eigenvalue weighted by Crippen LogP contribution is -2.36. The Kier molecular flexibility index (Phi) is 4.87. The lowest BCUT2D eigenvalue weighted by molar-refractivity contribution is 0.579. The van der Waals surface area contributed by atoms with Crippen molar-refractivity contribution >= 4 is 5.96 Å². The molecule has 1 aromatic rings. The van der Waals surface area contributed by atoms with Crippen molar-refractivity contribution in [1.82, 2.24) is 5.32 Å². The van der Waals surface area contributed by atoms with Crippen LogP contribution in [0, 0.1) is 11.6 Å². The number of benzene rings is 1. The smallest absolute Gasteiger partial charge is 0.188 e. The van der Waals surface area contributed by atoms with Gasteiger partial charge in [0.15, 0.2) is 5.96 Å². The monoisotopic (exact) mass is 241 g/mol. The summed E-state index contributed by atoms with van der Waals surface area (Å²) in [5, 5.41) is 2.93. The normalized spacial score (nSPS) is 11.9. The molecule has 3 N–H and O–H groups in total. The van der Waals surface area contributed by atoms with E-state index in [1.54, 1.807) is 0 Å². The third-order valence-electron chi connectivity index (χ3n) is 2.04. The molecule has 0 amide bonds. The van der Waals surface area contributed by atoms with Crippen molar-refractivity contribution in [2.45, 2.75) is 26.3 Å². The Morgan fingerprint density at radius 3 is 2.41 bits per heavy atom. The molecule has 94 valence electrons. The summed E-state index contributed by atoms with van der Waals surface area (Å²) in [6.45, 7) is 4.29. The minimum absolute atomic E-state index is 0.213. The molecular weight excluding hydrogens is 224 g/mol. The van der Waals surface area contributed by atoms with E-state index in [0.717, 1.165) is 6.07 Å². The molecule has 0 radical (unpaired) electrons. The van der Waals surface area contributed by atoms with E-state index < -0.39 is 11.6 Å². The second-order valence-corrected chi connectivity index (χ2v) is 4.09. The summed E-state index contributed by atoms with van der Waals surface area (Å²) in [6.07, 6.45) is 0.454. The Balaban J connectivity index is 2.50. The van der Waals surface area contributed by atoms with Crippen LogP contribution in [0.4, 0.5) is 8.78 Å². The summed E-state index contributed by atoms with van der Waals surface area (Å²) in [6, 6.07) is 3.65. The van der Waals surface area contributed by atoms with Crippen LogP contribution in [0.3, 0.4) is 0 Å². The maximum absolute atomic E-state index is 12.9. The third kappa shape index (κ3) is 5.29. The lowest BCUT2D eigenvalue weighted by Gasteiger charge is -2.08. The summed E-state index contributed by atoms with van der Waals surface area (Å²) < 4.78 is 25.7. The first kappa shape index (κ1) is 13.4. The Bertz CT molecular complexity index is 382. The number of nitrogens with two attached hydrogens (primary N) is 1. The molecule has 0 atom stereocenters. The molecule has 0 aliphatic carbocycles. The van der Waals surface area contributed by atoms with Crippen molar-refractivity contribution in [3.05, 3.63) is 35.4 Å². The molecule has 5 heteroatoms. The predicted molar refractivity (Wildman–Crippen MR) is 64.8 cm³/mol. The molecule has 0 aliphatic rings. The highest BCUT2D eigenvalue weighted by atomic mass is 19.1. The fourth-order valence-corrected chi connectivity index (χ4v) is 1.40. The van der Waals surface area contributed by atoms with E-state index >= 15 is 0 Å². The topological polar surface area (TPSA) is 50.4 Å². The van der Waals surface area contributed by atoms with Crippen molar-refractivity contribution in [3.8, 4) is 0 Å². The van der Waals surface area contributed by atoms with E-state index in [2.05, 4.69) is 10.3 Å². The minimum Gasteiger partial charge on any atom is -0.370 e. The van der Waals surface area contributed by atoms with Crippen molar-refractivity contribution in [3.63, 3.8) is 0 Å². The van der Waals surface area contributed by atoms with Crippen LogP contribution >= 0.6 is 0 Å². The van der Waals surface area contributed by atoms with Gasteiger partial charge < -0.3 is 11.1 Å². The third-order valence-corrected chi connectivity index (χ3v) is 2.04. The second-order valence-electron chi connectivity index (χ2n) is 4.09. The van der Waals surface area contributed by atoms with Crippen LogP contribution in [0.5, 0.6) is 0 Å². The van der Waals surface area contributed by atoms with Crippen molar-refractivity contribution in [1.29, 1.82) is 0 Å². The zero-order chi connectivity index (χ0) is 12.8. The minimum atomic E-state index is -0.572. The molecule has 0 unspecified atom stereocenters. The number of hydrogen-bond donors (Lipinski definition) is 2. The highest BCUT2D eigenvalue weighted by Crippen LogP contribution is 2.08. The fraction of sp³-hybridized carbons (Fsp3) is 0.417. The van der Waals surface area contributed by atoms with Crippen LogP contribution < -0.4 is 11.1 Å². The van der Waals surface area contributed by atoms with Crippen LogP contribution in [-0.4, -0.2) is 18.5 Å². The van der Waals surface area contributed by atoms with E-state index in [-0.39, 0.29) is 6.04 Å². The second kappa shape index (κ2) is 6.18. The number of aliphatic imine (C=N–C) groups is 1. The number of nitrogens with one attached hydrogen (secondary N) is 1. The van der Waals surface area contributed by atoms with Gasteiger partial charge in [-0.3, -0.25) is 4.99 Å². The van der Waals surface area contributed by atoms with Gasteiger partial charge in [-0.1, -0.05) is 0 Å². The highest BCUT2D eigenvalue weighted by Gasteiger charge is 2.00. The molecule has 1 aromatic carbocycles. The molecular formula is C12H17F2N3. The molecule has 0 saturated carbocycles. The summed E-state index contributed by atoms with van der Waals surface area (Å²) in [4.78, 5) is 4.06. The standard InChI is InChI=1S/C12H17F2N3/c1-8(2)17-12(15)16-4-3-9-5-10(13)7-11(14)6-9/h5-8H,3-4H2,1-2H3,(H3,15,16,17). The lowest BCUT2D eigenvalue weighted by atomic mass is 10.1. The average Bonchev–Trinajstić information content (AvgIpc) is 2.14. The Morgan fingerprint density at radius 1 is 1.29 bits per heavy atom. The van der Waals surface area contributed by atoms with Gasteiger partial charge in [0.2, 0.25) is 0 Å².